The molecule has 5 nitrogen and oxygen atoms in total. The molecule has 2 saturated heterocycles. The van der Waals surface area contributed by atoms with Gasteiger partial charge in [-0.05, 0) is 61.9 Å². The van der Waals surface area contributed by atoms with Gasteiger partial charge in [0.25, 0.3) is 0 Å². The Morgan fingerprint density at radius 1 is 1.16 bits per heavy atom. The fourth-order valence-electron chi connectivity index (χ4n) is 3.68. The number of likely N-dealkylation sites (tertiary alicyclic amines) is 1. The normalized spacial score (nSPS) is 24.3. The first-order chi connectivity index (χ1) is 11.9. The lowest BCUT2D eigenvalue weighted by molar-refractivity contribution is -0.116. The van der Waals surface area contributed by atoms with Crippen molar-refractivity contribution in [3.63, 3.8) is 0 Å². The van der Waals surface area contributed by atoms with Crippen molar-refractivity contribution < 1.29 is 13.2 Å². The molecule has 0 saturated carbocycles. The number of piperidine rings is 1. The van der Waals surface area contributed by atoms with Gasteiger partial charge in [0.2, 0.25) is 5.91 Å². The number of carbonyl (C=O) groups is 1. The Labute approximate surface area is 150 Å². The van der Waals surface area contributed by atoms with Gasteiger partial charge >= 0.3 is 0 Å². The summed E-state index contributed by atoms with van der Waals surface area (Å²) < 4.78 is 22.9. The van der Waals surface area contributed by atoms with E-state index in [-0.39, 0.29) is 29.8 Å². The van der Waals surface area contributed by atoms with Crippen LogP contribution in [0.4, 0.5) is 5.69 Å². The first kappa shape index (κ1) is 18.4. The standard InChI is InChI=1S/C19H28N2O3S/c1-15-6-9-21(10-7-15)13-16-2-4-18(5-3-16)20-19(22)12-17-8-11-25(23,24)14-17/h2-5,15,17H,6-14H2,1H3,(H,20,22). The highest BCUT2D eigenvalue weighted by molar-refractivity contribution is 7.91. The molecule has 1 aromatic carbocycles. The molecule has 2 aliphatic heterocycles. The number of rotatable bonds is 5. The van der Waals surface area contributed by atoms with Gasteiger partial charge in [-0.15, -0.1) is 0 Å². The molecule has 138 valence electrons. The van der Waals surface area contributed by atoms with Crippen LogP contribution in [-0.2, 0) is 21.2 Å². The molecule has 0 aromatic heterocycles. The summed E-state index contributed by atoms with van der Waals surface area (Å²) in [5, 5.41) is 2.89. The number of nitrogens with zero attached hydrogens (tertiary/aromatic N) is 1. The minimum absolute atomic E-state index is 0.0363. The molecule has 1 atom stereocenters. The Kier molecular flexibility index (Phi) is 5.79. The highest BCUT2D eigenvalue weighted by Crippen LogP contribution is 2.23. The predicted molar refractivity (Wildman–Crippen MR) is 100 cm³/mol. The molecule has 1 amide bonds. The van der Waals surface area contributed by atoms with Crippen LogP contribution in [0.25, 0.3) is 0 Å². The fourth-order valence-corrected chi connectivity index (χ4v) is 5.54. The van der Waals surface area contributed by atoms with Crippen LogP contribution in [0.5, 0.6) is 0 Å². The van der Waals surface area contributed by atoms with Gasteiger partial charge < -0.3 is 5.32 Å². The molecule has 0 aliphatic carbocycles. The Morgan fingerprint density at radius 2 is 1.84 bits per heavy atom. The summed E-state index contributed by atoms with van der Waals surface area (Å²) in [6.07, 6.45) is 3.42. The van der Waals surface area contributed by atoms with E-state index < -0.39 is 9.84 Å². The molecule has 25 heavy (non-hydrogen) atoms. The second kappa shape index (κ2) is 7.87. The summed E-state index contributed by atoms with van der Waals surface area (Å²) >= 11 is 0. The van der Waals surface area contributed by atoms with Crippen molar-refractivity contribution in [1.82, 2.24) is 4.90 Å². The van der Waals surface area contributed by atoms with E-state index in [1.165, 1.54) is 18.4 Å². The smallest absolute Gasteiger partial charge is 0.224 e. The summed E-state index contributed by atoms with van der Waals surface area (Å²) in [6, 6.07) is 8.00. The molecule has 3 rings (SSSR count). The zero-order chi connectivity index (χ0) is 17.9. The average Bonchev–Trinajstić information content (AvgIpc) is 2.90. The highest BCUT2D eigenvalue weighted by atomic mass is 32.2. The van der Waals surface area contributed by atoms with E-state index in [9.17, 15) is 13.2 Å². The van der Waals surface area contributed by atoms with E-state index >= 15 is 0 Å². The summed E-state index contributed by atoms with van der Waals surface area (Å²) in [5.74, 6) is 1.07. The Bertz CT molecular complexity index is 692. The van der Waals surface area contributed by atoms with E-state index in [0.717, 1.165) is 31.2 Å². The zero-order valence-corrected chi connectivity index (χ0v) is 15.7. The fraction of sp³-hybridized carbons (Fsp3) is 0.632. The maximum atomic E-state index is 12.1. The number of hydrogen-bond donors (Lipinski definition) is 1. The molecular weight excluding hydrogens is 336 g/mol. The van der Waals surface area contributed by atoms with Crippen LogP contribution in [-0.4, -0.2) is 43.8 Å². The molecule has 2 aliphatic rings. The molecule has 0 radical (unpaired) electrons. The maximum absolute atomic E-state index is 12.1. The number of benzene rings is 1. The summed E-state index contributed by atoms with van der Waals surface area (Å²) in [6.45, 7) is 5.59. The van der Waals surface area contributed by atoms with Crippen molar-refractivity contribution in [2.24, 2.45) is 11.8 Å². The predicted octanol–water partition coefficient (Wildman–Crippen LogP) is 2.68. The van der Waals surface area contributed by atoms with Crippen LogP contribution < -0.4 is 5.32 Å². The Morgan fingerprint density at radius 3 is 2.44 bits per heavy atom. The number of hydrogen-bond acceptors (Lipinski definition) is 4. The van der Waals surface area contributed by atoms with Crippen molar-refractivity contribution in [2.45, 2.75) is 39.2 Å². The number of anilines is 1. The molecule has 2 fully saturated rings. The first-order valence-electron chi connectivity index (χ1n) is 9.21. The maximum Gasteiger partial charge on any atom is 0.224 e. The van der Waals surface area contributed by atoms with Crippen LogP contribution in [0.3, 0.4) is 0 Å². The van der Waals surface area contributed by atoms with Crippen molar-refractivity contribution in [2.75, 3.05) is 29.9 Å². The van der Waals surface area contributed by atoms with Crippen LogP contribution >= 0.6 is 0 Å². The van der Waals surface area contributed by atoms with Gasteiger partial charge in [-0.2, -0.15) is 0 Å². The molecule has 2 heterocycles. The van der Waals surface area contributed by atoms with E-state index in [1.54, 1.807) is 0 Å². The Balaban J connectivity index is 1.46. The number of carbonyl (C=O) groups excluding carboxylic acids is 1. The van der Waals surface area contributed by atoms with Crippen LogP contribution in [0, 0.1) is 11.8 Å². The van der Waals surface area contributed by atoms with Crippen molar-refractivity contribution in [3.8, 4) is 0 Å². The minimum Gasteiger partial charge on any atom is -0.326 e. The lowest BCUT2D eigenvalue weighted by atomic mass is 9.99. The number of sulfone groups is 1. The van der Waals surface area contributed by atoms with Gasteiger partial charge in [-0.25, -0.2) is 8.42 Å². The molecule has 1 N–H and O–H groups in total. The third-order valence-corrected chi connectivity index (χ3v) is 7.16. The highest BCUT2D eigenvalue weighted by Gasteiger charge is 2.29. The summed E-state index contributed by atoms with van der Waals surface area (Å²) in [4.78, 5) is 14.6. The Hall–Kier alpha value is -1.40. The number of nitrogens with one attached hydrogen (secondary N) is 1. The van der Waals surface area contributed by atoms with Crippen LogP contribution in [0.2, 0.25) is 0 Å². The first-order valence-corrected chi connectivity index (χ1v) is 11.0. The quantitative estimate of drug-likeness (QED) is 0.872. The lowest BCUT2D eigenvalue weighted by Crippen LogP contribution is -2.32. The third-order valence-electron chi connectivity index (χ3n) is 5.32. The van der Waals surface area contributed by atoms with Crippen molar-refractivity contribution >= 4 is 21.4 Å². The monoisotopic (exact) mass is 364 g/mol. The van der Waals surface area contributed by atoms with Gasteiger partial charge in [0.05, 0.1) is 11.5 Å². The SMILES string of the molecule is CC1CCN(Cc2ccc(NC(=O)CC3CCS(=O)(=O)C3)cc2)CC1. The molecular formula is C19H28N2O3S. The molecule has 1 aromatic rings. The molecule has 6 heteroatoms. The zero-order valence-electron chi connectivity index (χ0n) is 14.9. The van der Waals surface area contributed by atoms with Gasteiger partial charge in [-0.3, -0.25) is 9.69 Å². The van der Waals surface area contributed by atoms with Crippen molar-refractivity contribution in [1.29, 1.82) is 0 Å². The van der Waals surface area contributed by atoms with E-state index in [2.05, 4.69) is 29.3 Å². The topological polar surface area (TPSA) is 66.5 Å². The second-order valence-corrected chi connectivity index (χ2v) is 9.91. The van der Waals surface area contributed by atoms with Gasteiger partial charge in [-0.1, -0.05) is 19.1 Å². The largest absolute Gasteiger partial charge is 0.326 e. The summed E-state index contributed by atoms with van der Waals surface area (Å²) in [5.41, 5.74) is 2.04. The van der Waals surface area contributed by atoms with Gasteiger partial charge in [0.1, 0.15) is 0 Å². The minimum atomic E-state index is -2.92. The van der Waals surface area contributed by atoms with E-state index in [4.69, 9.17) is 0 Å². The van der Waals surface area contributed by atoms with Gasteiger partial charge in [0.15, 0.2) is 9.84 Å². The average molecular weight is 365 g/mol. The van der Waals surface area contributed by atoms with E-state index in [1.807, 2.05) is 12.1 Å². The number of amides is 1. The van der Waals surface area contributed by atoms with Crippen LogP contribution in [0.1, 0.15) is 38.2 Å². The van der Waals surface area contributed by atoms with Gasteiger partial charge in [0, 0.05) is 18.7 Å². The molecule has 0 spiro atoms. The second-order valence-electron chi connectivity index (χ2n) is 7.68. The summed E-state index contributed by atoms with van der Waals surface area (Å²) in [7, 11) is -2.92. The van der Waals surface area contributed by atoms with Crippen LogP contribution in [0.15, 0.2) is 24.3 Å². The van der Waals surface area contributed by atoms with E-state index in [0.29, 0.717) is 6.42 Å². The molecule has 1 unspecified atom stereocenters. The lowest BCUT2D eigenvalue weighted by Gasteiger charge is -2.30. The molecule has 0 bridgehead atoms. The van der Waals surface area contributed by atoms with Crippen molar-refractivity contribution in [3.05, 3.63) is 29.8 Å². The third kappa shape index (κ3) is 5.54.